The molecule has 1 aromatic heterocycles. The van der Waals surface area contributed by atoms with Crippen LogP contribution in [0.2, 0.25) is 0 Å². The van der Waals surface area contributed by atoms with E-state index in [1.54, 1.807) is 6.20 Å². The highest BCUT2D eigenvalue weighted by Crippen LogP contribution is 2.15. The van der Waals surface area contributed by atoms with Gasteiger partial charge in [0.05, 0.1) is 13.2 Å². The fraction of sp³-hybridized carbons (Fsp3) is 0.650. The van der Waals surface area contributed by atoms with Gasteiger partial charge in [0.25, 0.3) is 0 Å². The van der Waals surface area contributed by atoms with Crippen molar-refractivity contribution < 1.29 is 14.3 Å². The van der Waals surface area contributed by atoms with Gasteiger partial charge in [-0.3, -0.25) is 0 Å². The number of nitrogens with one attached hydrogen (secondary N) is 3. The van der Waals surface area contributed by atoms with Crippen molar-refractivity contribution in [3.8, 4) is 5.88 Å². The Bertz CT molecular complexity index is 614. The molecule has 0 saturated carbocycles. The third-order valence-electron chi connectivity index (χ3n) is 3.42. The normalized spacial score (nSPS) is 11.7. The quantitative estimate of drug-likeness (QED) is 0.321. The molecule has 0 unspecified atom stereocenters. The first-order chi connectivity index (χ1) is 13.4. The Morgan fingerprint density at radius 3 is 2.61 bits per heavy atom. The molecule has 0 bridgehead atoms. The average molecular weight is 394 g/mol. The summed E-state index contributed by atoms with van der Waals surface area (Å²) in [5.74, 6) is 1.29. The summed E-state index contributed by atoms with van der Waals surface area (Å²) in [6.45, 7) is 12.4. The van der Waals surface area contributed by atoms with Gasteiger partial charge in [-0.2, -0.15) is 0 Å². The van der Waals surface area contributed by atoms with E-state index in [0.717, 1.165) is 24.9 Å². The number of amides is 1. The first-order valence-corrected chi connectivity index (χ1v) is 9.91. The summed E-state index contributed by atoms with van der Waals surface area (Å²) in [5, 5.41) is 9.08. The van der Waals surface area contributed by atoms with Crippen molar-refractivity contribution in [3.63, 3.8) is 0 Å². The second-order valence-corrected chi connectivity index (χ2v) is 7.22. The Morgan fingerprint density at radius 2 is 1.93 bits per heavy atom. The number of rotatable bonds is 10. The fourth-order valence-electron chi connectivity index (χ4n) is 2.15. The molecule has 0 aromatic carbocycles. The summed E-state index contributed by atoms with van der Waals surface area (Å²) in [4.78, 5) is 20.5. The lowest BCUT2D eigenvalue weighted by atomic mass is 10.2. The summed E-state index contributed by atoms with van der Waals surface area (Å²) < 4.78 is 11.0. The van der Waals surface area contributed by atoms with Gasteiger partial charge >= 0.3 is 6.09 Å². The number of aromatic nitrogens is 1. The van der Waals surface area contributed by atoms with Crippen molar-refractivity contribution in [3.05, 3.63) is 23.9 Å². The topological polar surface area (TPSA) is 96.9 Å². The molecule has 1 heterocycles. The number of pyridine rings is 1. The van der Waals surface area contributed by atoms with Crippen LogP contribution in [-0.2, 0) is 11.3 Å². The molecule has 0 fully saturated rings. The summed E-state index contributed by atoms with van der Waals surface area (Å²) in [6, 6.07) is 3.84. The van der Waals surface area contributed by atoms with Crippen LogP contribution >= 0.6 is 0 Å². The van der Waals surface area contributed by atoms with Crippen LogP contribution < -0.4 is 20.7 Å². The minimum atomic E-state index is -0.505. The van der Waals surface area contributed by atoms with Gasteiger partial charge in [-0.1, -0.05) is 19.4 Å². The molecule has 0 aliphatic carbocycles. The molecule has 0 atom stereocenters. The molecule has 0 aliphatic rings. The Labute approximate surface area is 168 Å². The van der Waals surface area contributed by atoms with Gasteiger partial charge in [-0.05, 0) is 40.2 Å². The van der Waals surface area contributed by atoms with E-state index in [4.69, 9.17) is 9.47 Å². The molecule has 158 valence electrons. The number of carbonyl (C=O) groups is 1. The van der Waals surface area contributed by atoms with Crippen molar-refractivity contribution in [2.45, 2.75) is 59.6 Å². The van der Waals surface area contributed by atoms with Gasteiger partial charge < -0.3 is 25.4 Å². The van der Waals surface area contributed by atoms with Crippen molar-refractivity contribution in [2.75, 3.05) is 26.2 Å². The minimum Gasteiger partial charge on any atom is -0.477 e. The lowest BCUT2D eigenvalue weighted by Crippen LogP contribution is -2.42. The minimum absolute atomic E-state index is 0.428. The Morgan fingerprint density at radius 1 is 1.18 bits per heavy atom. The Hall–Kier alpha value is -2.51. The third-order valence-corrected chi connectivity index (χ3v) is 3.42. The van der Waals surface area contributed by atoms with E-state index < -0.39 is 11.7 Å². The second kappa shape index (κ2) is 12.8. The van der Waals surface area contributed by atoms with E-state index in [2.05, 4.69) is 32.9 Å². The zero-order valence-electron chi connectivity index (χ0n) is 17.8. The third kappa shape index (κ3) is 10.6. The average Bonchev–Trinajstić information content (AvgIpc) is 2.63. The van der Waals surface area contributed by atoms with Crippen LogP contribution in [0.1, 0.15) is 53.0 Å². The number of alkyl carbamates (subject to hydrolysis) is 1. The maximum Gasteiger partial charge on any atom is 0.407 e. The van der Waals surface area contributed by atoms with Crippen molar-refractivity contribution in [2.24, 2.45) is 4.99 Å². The van der Waals surface area contributed by atoms with Crippen LogP contribution in [0.3, 0.4) is 0 Å². The smallest absolute Gasteiger partial charge is 0.407 e. The van der Waals surface area contributed by atoms with Gasteiger partial charge in [0.1, 0.15) is 5.60 Å². The van der Waals surface area contributed by atoms with Crippen LogP contribution in [0.25, 0.3) is 0 Å². The van der Waals surface area contributed by atoms with Gasteiger partial charge in [0.2, 0.25) is 5.88 Å². The van der Waals surface area contributed by atoms with Crippen LogP contribution in [0.15, 0.2) is 23.3 Å². The second-order valence-electron chi connectivity index (χ2n) is 7.22. The SMILES string of the molecule is CCCCOc1ncccc1CN=C(NCC)NCCNC(=O)OC(C)(C)C. The Kier molecular flexibility index (Phi) is 10.8. The summed E-state index contributed by atoms with van der Waals surface area (Å²) in [7, 11) is 0. The number of hydrogen-bond donors (Lipinski definition) is 3. The zero-order valence-corrected chi connectivity index (χ0v) is 17.8. The van der Waals surface area contributed by atoms with Gasteiger partial charge in [0.15, 0.2) is 5.96 Å². The number of guanidine groups is 1. The molecule has 3 N–H and O–H groups in total. The largest absolute Gasteiger partial charge is 0.477 e. The van der Waals surface area contributed by atoms with Gasteiger partial charge in [-0.25, -0.2) is 14.8 Å². The number of hydrogen-bond acceptors (Lipinski definition) is 5. The first kappa shape index (κ1) is 23.5. The standard InChI is InChI=1S/C20H35N5O3/c1-6-8-14-27-17-16(10-9-11-22-17)15-25-18(21-7-2)23-12-13-24-19(26)28-20(3,4)5/h9-11H,6-8,12-15H2,1-5H3,(H,24,26)(H2,21,23,25). The van der Waals surface area contributed by atoms with E-state index >= 15 is 0 Å². The molecule has 0 spiro atoms. The molecule has 1 aromatic rings. The van der Waals surface area contributed by atoms with E-state index in [1.807, 2.05) is 39.8 Å². The number of unbranched alkanes of at least 4 members (excludes halogenated alkanes) is 1. The highest BCUT2D eigenvalue weighted by molar-refractivity contribution is 5.79. The van der Waals surface area contributed by atoms with E-state index in [-0.39, 0.29) is 0 Å². The highest BCUT2D eigenvalue weighted by Gasteiger charge is 2.15. The summed E-state index contributed by atoms with van der Waals surface area (Å²) in [6.07, 6.45) is 3.36. The van der Waals surface area contributed by atoms with Crippen molar-refractivity contribution >= 4 is 12.1 Å². The van der Waals surface area contributed by atoms with E-state index in [1.165, 1.54) is 0 Å². The van der Waals surface area contributed by atoms with E-state index in [0.29, 0.717) is 38.1 Å². The monoisotopic (exact) mass is 393 g/mol. The maximum absolute atomic E-state index is 11.7. The highest BCUT2D eigenvalue weighted by atomic mass is 16.6. The Balaban J connectivity index is 2.53. The van der Waals surface area contributed by atoms with Crippen LogP contribution in [0, 0.1) is 0 Å². The number of carbonyl (C=O) groups excluding carboxylic acids is 1. The molecule has 28 heavy (non-hydrogen) atoms. The van der Waals surface area contributed by atoms with Crippen LogP contribution in [-0.4, -0.2) is 48.9 Å². The summed E-state index contributed by atoms with van der Waals surface area (Å²) >= 11 is 0. The molecular formula is C20H35N5O3. The van der Waals surface area contributed by atoms with Crippen LogP contribution in [0.5, 0.6) is 5.88 Å². The molecule has 0 radical (unpaired) electrons. The van der Waals surface area contributed by atoms with Crippen molar-refractivity contribution in [1.82, 2.24) is 20.9 Å². The molecular weight excluding hydrogens is 358 g/mol. The molecule has 1 amide bonds. The number of aliphatic imine (C=N–C) groups is 1. The lowest BCUT2D eigenvalue weighted by molar-refractivity contribution is 0.0529. The molecule has 8 nitrogen and oxygen atoms in total. The fourth-order valence-corrected chi connectivity index (χ4v) is 2.15. The van der Waals surface area contributed by atoms with Gasteiger partial charge in [0, 0.05) is 31.4 Å². The van der Waals surface area contributed by atoms with Crippen LogP contribution in [0.4, 0.5) is 4.79 Å². The number of ether oxygens (including phenoxy) is 2. The number of nitrogens with zero attached hydrogens (tertiary/aromatic N) is 2. The lowest BCUT2D eigenvalue weighted by Gasteiger charge is -2.20. The van der Waals surface area contributed by atoms with E-state index in [9.17, 15) is 4.79 Å². The predicted molar refractivity (Wildman–Crippen MR) is 112 cm³/mol. The summed E-state index contributed by atoms with van der Waals surface area (Å²) in [5.41, 5.74) is 0.428. The molecule has 0 aliphatic heterocycles. The molecule has 0 saturated heterocycles. The molecule has 8 heteroatoms. The maximum atomic E-state index is 11.7. The molecule has 1 rings (SSSR count). The zero-order chi connectivity index (χ0) is 20.8. The first-order valence-electron chi connectivity index (χ1n) is 9.91. The van der Waals surface area contributed by atoms with Gasteiger partial charge in [-0.15, -0.1) is 0 Å². The predicted octanol–water partition coefficient (Wildman–Crippen LogP) is 2.84. The van der Waals surface area contributed by atoms with Crippen molar-refractivity contribution in [1.29, 1.82) is 0 Å².